The lowest BCUT2D eigenvalue weighted by Crippen LogP contribution is -2.41. The van der Waals surface area contributed by atoms with Gasteiger partial charge in [-0.05, 0) is 41.8 Å². The van der Waals surface area contributed by atoms with Crippen molar-refractivity contribution in [1.82, 2.24) is 4.90 Å². The zero-order valence-corrected chi connectivity index (χ0v) is 13.6. The van der Waals surface area contributed by atoms with E-state index in [9.17, 15) is 14.9 Å². The van der Waals surface area contributed by atoms with Gasteiger partial charge in [-0.1, -0.05) is 19.3 Å². The molecule has 0 spiro atoms. The summed E-state index contributed by atoms with van der Waals surface area (Å²) in [5.74, 6) is -0.125. The Morgan fingerprint density at radius 2 is 2.05 bits per heavy atom. The van der Waals surface area contributed by atoms with Gasteiger partial charge in [-0.2, -0.15) is 0 Å². The van der Waals surface area contributed by atoms with Crippen LogP contribution in [-0.2, 0) is 0 Å². The Bertz CT molecular complexity index is 542. The molecule has 1 aliphatic carbocycles. The average Bonchev–Trinajstić information content (AvgIpc) is 2.49. The minimum Gasteiger partial charge on any atom is -0.336 e. The van der Waals surface area contributed by atoms with E-state index in [1.54, 1.807) is 6.07 Å². The van der Waals surface area contributed by atoms with Gasteiger partial charge in [-0.25, -0.2) is 0 Å². The molecular formula is C15H19BrN2O3. The van der Waals surface area contributed by atoms with Gasteiger partial charge < -0.3 is 4.90 Å². The molecule has 21 heavy (non-hydrogen) atoms. The highest BCUT2D eigenvalue weighted by Crippen LogP contribution is 2.28. The first-order valence-corrected chi connectivity index (χ1v) is 8.08. The van der Waals surface area contributed by atoms with Gasteiger partial charge in [-0.3, -0.25) is 14.9 Å². The zero-order chi connectivity index (χ0) is 15.4. The van der Waals surface area contributed by atoms with E-state index in [1.165, 1.54) is 18.6 Å². The van der Waals surface area contributed by atoms with Gasteiger partial charge in [0.2, 0.25) is 0 Å². The summed E-state index contributed by atoms with van der Waals surface area (Å²) in [4.78, 5) is 25.0. The molecule has 6 heteroatoms. The van der Waals surface area contributed by atoms with E-state index in [4.69, 9.17) is 0 Å². The Kier molecular flexibility index (Phi) is 5.33. The maximum Gasteiger partial charge on any atom is 0.270 e. The number of carbonyl (C=O) groups is 1. The Morgan fingerprint density at radius 1 is 1.38 bits per heavy atom. The number of halogens is 1. The van der Waals surface area contributed by atoms with Crippen LogP contribution in [0.2, 0.25) is 0 Å². The van der Waals surface area contributed by atoms with Crippen molar-refractivity contribution < 1.29 is 9.72 Å². The van der Waals surface area contributed by atoms with Crippen molar-refractivity contribution in [2.24, 2.45) is 0 Å². The molecular weight excluding hydrogens is 336 g/mol. The lowest BCUT2D eigenvalue weighted by molar-refractivity contribution is -0.384. The summed E-state index contributed by atoms with van der Waals surface area (Å²) < 4.78 is 0.604. The second kappa shape index (κ2) is 7.02. The quantitative estimate of drug-likeness (QED) is 0.602. The highest BCUT2D eigenvalue weighted by molar-refractivity contribution is 9.10. The van der Waals surface area contributed by atoms with Crippen molar-refractivity contribution in [3.8, 4) is 0 Å². The SMILES string of the molecule is CCN(C(=O)c1cc([N+](=O)[O-])ccc1Br)C1CCCCC1. The largest absolute Gasteiger partial charge is 0.336 e. The van der Waals surface area contributed by atoms with Crippen LogP contribution >= 0.6 is 15.9 Å². The van der Waals surface area contributed by atoms with Crippen LogP contribution in [0.3, 0.4) is 0 Å². The van der Waals surface area contributed by atoms with Crippen molar-refractivity contribution in [2.45, 2.75) is 45.1 Å². The van der Waals surface area contributed by atoms with Crippen LogP contribution in [0.15, 0.2) is 22.7 Å². The van der Waals surface area contributed by atoms with Gasteiger partial charge in [0.1, 0.15) is 0 Å². The number of carbonyl (C=O) groups excluding carboxylic acids is 1. The van der Waals surface area contributed by atoms with E-state index in [0.29, 0.717) is 16.6 Å². The van der Waals surface area contributed by atoms with Crippen molar-refractivity contribution in [3.05, 3.63) is 38.3 Å². The molecule has 1 aliphatic rings. The fourth-order valence-electron chi connectivity index (χ4n) is 2.91. The normalized spacial score (nSPS) is 15.7. The molecule has 0 N–H and O–H groups in total. The number of nitrogens with zero attached hydrogens (tertiary/aromatic N) is 2. The van der Waals surface area contributed by atoms with Crippen LogP contribution in [0.4, 0.5) is 5.69 Å². The number of amides is 1. The van der Waals surface area contributed by atoms with Crippen molar-refractivity contribution >= 4 is 27.5 Å². The molecule has 1 fully saturated rings. The predicted molar refractivity (Wildman–Crippen MR) is 84.4 cm³/mol. The standard InChI is InChI=1S/C15H19BrN2O3/c1-2-17(11-6-4-3-5-7-11)15(19)13-10-12(18(20)21)8-9-14(13)16/h8-11H,2-7H2,1H3. The molecule has 1 amide bonds. The summed E-state index contributed by atoms with van der Waals surface area (Å²) >= 11 is 3.33. The number of hydrogen-bond donors (Lipinski definition) is 0. The molecule has 0 radical (unpaired) electrons. The molecule has 1 aromatic carbocycles. The number of nitro benzene ring substituents is 1. The smallest absolute Gasteiger partial charge is 0.270 e. The van der Waals surface area contributed by atoms with Gasteiger partial charge in [-0.15, -0.1) is 0 Å². The Balaban J connectivity index is 2.28. The van der Waals surface area contributed by atoms with Crippen molar-refractivity contribution in [3.63, 3.8) is 0 Å². The third kappa shape index (κ3) is 3.61. The minimum atomic E-state index is -0.472. The van der Waals surface area contributed by atoms with Gasteiger partial charge >= 0.3 is 0 Å². The first-order valence-electron chi connectivity index (χ1n) is 7.29. The summed E-state index contributed by atoms with van der Waals surface area (Å²) in [6.45, 7) is 2.58. The van der Waals surface area contributed by atoms with E-state index < -0.39 is 4.92 Å². The molecule has 5 nitrogen and oxygen atoms in total. The molecule has 2 rings (SSSR count). The van der Waals surface area contributed by atoms with Gasteiger partial charge in [0, 0.05) is 29.2 Å². The summed E-state index contributed by atoms with van der Waals surface area (Å²) in [6, 6.07) is 4.58. The third-order valence-electron chi connectivity index (χ3n) is 4.01. The predicted octanol–water partition coefficient (Wildman–Crippen LogP) is 4.15. The lowest BCUT2D eigenvalue weighted by atomic mass is 9.93. The molecule has 0 aliphatic heterocycles. The molecule has 114 valence electrons. The number of rotatable bonds is 4. The summed E-state index contributed by atoms with van der Waals surface area (Å²) in [6.07, 6.45) is 5.55. The first kappa shape index (κ1) is 15.9. The van der Waals surface area contributed by atoms with E-state index >= 15 is 0 Å². The minimum absolute atomic E-state index is 0.0544. The highest BCUT2D eigenvalue weighted by Gasteiger charge is 2.27. The second-order valence-electron chi connectivity index (χ2n) is 5.30. The number of non-ortho nitro benzene ring substituents is 1. The molecule has 0 bridgehead atoms. The Labute approximate surface area is 132 Å². The number of hydrogen-bond acceptors (Lipinski definition) is 3. The molecule has 1 saturated carbocycles. The van der Waals surface area contributed by atoms with E-state index in [2.05, 4.69) is 15.9 Å². The van der Waals surface area contributed by atoms with Crippen LogP contribution in [0.5, 0.6) is 0 Å². The fraction of sp³-hybridized carbons (Fsp3) is 0.533. The Morgan fingerprint density at radius 3 is 2.62 bits per heavy atom. The van der Waals surface area contributed by atoms with Crippen LogP contribution in [0.25, 0.3) is 0 Å². The van der Waals surface area contributed by atoms with Crippen molar-refractivity contribution in [2.75, 3.05) is 6.54 Å². The molecule has 1 aromatic rings. The maximum absolute atomic E-state index is 12.7. The van der Waals surface area contributed by atoms with Gasteiger partial charge in [0.05, 0.1) is 10.5 Å². The maximum atomic E-state index is 12.7. The van der Waals surface area contributed by atoms with Crippen molar-refractivity contribution in [1.29, 1.82) is 0 Å². The van der Waals surface area contributed by atoms with E-state index in [0.717, 1.165) is 25.7 Å². The third-order valence-corrected chi connectivity index (χ3v) is 4.70. The van der Waals surface area contributed by atoms with E-state index in [-0.39, 0.29) is 17.6 Å². The summed E-state index contributed by atoms with van der Waals surface area (Å²) in [5, 5.41) is 10.9. The first-order chi connectivity index (χ1) is 10.0. The summed E-state index contributed by atoms with van der Waals surface area (Å²) in [5.41, 5.74) is 0.317. The van der Waals surface area contributed by atoms with Gasteiger partial charge in [0.25, 0.3) is 11.6 Å². The van der Waals surface area contributed by atoms with E-state index in [1.807, 2.05) is 11.8 Å². The molecule has 0 saturated heterocycles. The summed E-state index contributed by atoms with van der Waals surface area (Å²) in [7, 11) is 0. The molecule has 0 heterocycles. The number of benzene rings is 1. The van der Waals surface area contributed by atoms with Crippen LogP contribution in [0, 0.1) is 10.1 Å². The highest BCUT2D eigenvalue weighted by atomic mass is 79.9. The molecule has 0 atom stereocenters. The van der Waals surface area contributed by atoms with Gasteiger partial charge in [0.15, 0.2) is 0 Å². The van der Waals surface area contributed by atoms with Crippen LogP contribution in [0.1, 0.15) is 49.4 Å². The van der Waals surface area contributed by atoms with Crippen LogP contribution in [-0.4, -0.2) is 28.3 Å². The van der Waals surface area contributed by atoms with Crippen LogP contribution < -0.4 is 0 Å². The topological polar surface area (TPSA) is 63.5 Å². The molecule has 0 aromatic heterocycles. The lowest BCUT2D eigenvalue weighted by Gasteiger charge is -2.33. The Hall–Kier alpha value is -1.43. The number of nitro groups is 1. The average molecular weight is 355 g/mol. The zero-order valence-electron chi connectivity index (χ0n) is 12.0. The molecule has 0 unspecified atom stereocenters. The fourth-order valence-corrected chi connectivity index (χ4v) is 3.32. The second-order valence-corrected chi connectivity index (χ2v) is 6.16. The monoisotopic (exact) mass is 354 g/mol.